The molecule has 1 aromatic heterocycles. The lowest BCUT2D eigenvalue weighted by Crippen LogP contribution is -2.34. The Morgan fingerprint density at radius 1 is 1.26 bits per heavy atom. The molecule has 8 heteroatoms. The fourth-order valence-electron chi connectivity index (χ4n) is 1.11. The van der Waals surface area contributed by atoms with Crippen LogP contribution in [0.2, 0.25) is 5.15 Å². The maximum atomic E-state index is 12.8. The van der Waals surface area contributed by atoms with E-state index >= 15 is 0 Å². The topological polar surface area (TPSA) is 35.0 Å². The highest BCUT2D eigenvalue weighted by Crippen LogP contribution is 2.28. The Kier molecular flexibility index (Phi) is 4.95. The van der Waals surface area contributed by atoms with Crippen molar-refractivity contribution in [2.45, 2.75) is 39.0 Å². The van der Waals surface area contributed by atoms with Crippen molar-refractivity contribution in [1.82, 2.24) is 9.97 Å². The Bertz CT molecular complexity index is 455. The Morgan fingerprint density at radius 3 is 2.32 bits per heavy atom. The van der Waals surface area contributed by atoms with Gasteiger partial charge < -0.3 is 4.74 Å². The van der Waals surface area contributed by atoms with E-state index in [1.165, 1.54) is 6.92 Å². The molecule has 0 aliphatic rings. The summed E-state index contributed by atoms with van der Waals surface area (Å²) in [6, 6.07) is 0. The first-order chi connectivity index (χ1) is 8.65. The van der Waals surface area contributed by atoms with Crippen LogP contribution in [0.4, 0.5) is 17.6 Å². The van der Waals surface area contributed by atoms with Gasteiger partial charge in [-0.25, -0.2) is 13.8 Å². The zero-order chi connectivity index (χ0) is 14.8. The van der Waals surface area contributed by atoms with E-state index in [9.17, 15) is 17.6 Å². The van der Waals surface area contributed by atoms with Gasteiger partial charge in [0.2, 0.25) is 5.88 Å². The number of aromatic nitrogens is 2. The molecule has 108 valence electrons. The van der Waals surface area contributed by atoms with Crippen LogP contribution in [0.1, 0.15) is 31.2 Å². The first-order valence-electron chi connectivity index (χ1n) is 5.48. The lowest BCUT2D eigenvalue weighted by molar-refractivity contribution is -0.148. The summed E-state index contributed by atoms with van der Waals surface area (Å²) in [4.78, 5) is 7.85. The summed E-state index contributed by atoms with van der Waals surface area (Å²) >= 11 is 5.81. The zero-order valence-corrected chi connectivity index (χ0v) is 11.3. The predicted octanol–water partition coefficient (Wildman–Crippen LogP) is 3.84. The molecule has 1 aromatic rings. The van der Waals surface area contributed by atoms with E-state index in [2.05, 4.69) is 14.7 Å². The molecule has 0 fully saturated rings. The van der Waals surface area contributed by atoms with E-state index in [4.69, 9.17) is 11.6 Å². The van der Waals surface area contributed by atoms with Gasteiger partial charge in [0.25, 0.3) is 0 Å². The van der Waals surface area contributed by atoms with E-state index in [-0.39, 0.29) is 22.5 Å². The fraction of sp³-hybridized carbons (Fsp3) is 0.636. The highest BCUT2D eigenvalue weighted by Gasteiger charge is 2.42. The number of rotatable bonds is 5. The molecule has 0 aliphatic carbocycles. The third-order valence-electron chi connectivity index (χ3n) is 2.30. The molecule has 0 unspecified atom stereocenters. The first kappa shape index (κ1) is 15.9. The van der Waals surface area contributed by atoms with Crippen LogP contribution in [0.25, 0.3) is 0 Å². The summed E-state index contributed by atoms with van der Waals surface area (Å²) in [7, 11) is 0. The van der Waals surface area contributed by atoms with Crippen LogP contribution >= 0.6 is 11.6 Å². The normalized spacial score (nSPS) is 12.3. The number of alkyl halides is 4. The van der Waals surface area contributed by atoms with E-state index in [1.807, 2.05) is 0 Å². The number of ether oxygens (including phenoxy) is 1. The van der Waals surface area contributed by atoms with Gasteiger partial charge in [-0.3, -0.25) is 0 Å². The third-order valence-corrected chi connectivity index (χ3v) is 2.66. The average Bonchev–Trinajstić information content (AvgIpc) is 2.30. The van der Waals surface area contributed by atoms with E-state index in [1.54, 1.807) is 13.8 Å². The van der Waals surface area contributed by atoms with Crippen LogP contribution in [0, 0.1) is 6.92 Å². The summed E-state index contributed by atoms with van der Waals surface area (Å²) in [6.07, 6.45) is -3.80. The summed E-state index contributed by atoms with van der Waals surface area (Å²) in [5, 5.41) is 0.0501. The molecule has 0 bridgehead atoms. The van der Waals surface area contributed by atoms with Crippen molar-refractivity contribution in [2.24, 2.45) is 0 Å². The molecule has 1 rings (SSSR count). The van der Waals surface area contributed by atoms with Crippen LogP contribution < -0.4 is 4.74 Å². The zero-order valence-electron chi connectivity index (χ0n) is 10.6. The van der Waals surface area contributed by atoms with Crippen LogP contribution in [0.3, 0.4) is 0 Å². The molecule has 0 atom stereocenters. The van der Waals surface area contributed by atoms with Crippen LogP contribution in [-0.4, -0.2) is 28.9 Å². The predicted molar refractivity (Wildman–Crippen MR) is 62.3 cm³/mol. The lowest BCUT2D eigenvalue weighted by Gasteiger charge is -2.17. The van der Waals surface area contributed by atoms with Gasteiger partial charge in [-0.05, 0) is 6.92 Å². The molecular weight excluding hydrogens is 288 g/mol. The third kappa shape index (κ3) is 3.92. The number of halogens is 5. The minimum atomic E-state index is -4.23. The summed E-state index contributed by atoms with van der Waals surface area (Å²) < 4.78 is 54.2. The number of nitrogens with zero attached hydrogens (tertiary/aromatic N) is 2. The smallest absolute Gasteiger partial charge is 0.340 e. The molecule has 0 aliphatic heterocycles. The monoisotopic (exact) mass is 300 g/mol. The molecule has 0 amide bonds. The Balaban J connectivity index is 2.95. The molecule has 0 spiro atoms. The lowest BCUT2D eigenvalue weighted by atomic mass is 10.2. The van der Waals surface area contributed by atoms with Crippen molar-refractivity contribution >= 4 is 11.6 Å². The van der Waals surface area contributed by atoms with Crippen LogP contribution in [0.15, 0.2) is 0 Å². The van der Waals surface area contributed by atoms with Crippen molar-refractivity contribution in [1.29, 1.82) is 0 Å². The maximum Gasteiger partial charge on any atom is 0.340 e. The second kappa shape index (κ2) is 5.90. The van der Waals surface area contributed by atoms with Gasteiger partial charge in [0.15, 0.2) is 6.61 Å². The molecule has 0 saturated carbocycles. The quantitative estimate of drug-likeness (QED) is 0.612. The highest BCUT2D eigenvalue weighted by molar-refractivity contribution is 6.30. The second-order valence-corrected chi connectivity index (χ2v) is 4.67. The summed E-state index contributed by atoms with van der Waals surface area (Å²) in [5.41, 5.74) is 0.233. The maximum absolute atomic E-state index is 12.8. The minimum Gasteiger partial charge on any atom is -0.471 e. The summed E-state index contributed by atoms with van der Waals surface area (Å²) in [5.74, 6) is -4.24. The van der Waals surface area contributed by atoms with E-state index in [0.29, 0.717) is 5.82 Å². The first-order valence-corrected chi connectivity index (χ1v) is 5.85. The van der Waals surface area contributed by atoms with E-state index < -0.39 is 19.0 Å². The minimum absolute atomic E-state index is 0.0501. The standard InChI is InChI=1S/C11H13ClF4N2O/c1-5(2)8-17-7(12)6(3)9(18-8)19-4-11(15,16)10(13)14/h5,10H,4H2,1-3H3. The average molecular weight is 301 g/mol. The van der Waals surface area contributed by atoms with Crippen molar-refractivity contribution in [3.63, 3.8) is 0 Å². The van der Waals surface area contributed by atoms with Gasteiger partial charge in [0.05, 0.1) is 0 Å². The molecule has 0 aromatic carbocycles. The molecule has 0 N–H and O–H groups in total. The Morgan fingerprint density at radius 2 is 1.84 bits per heavy atom. The van der Waals surface area contributed by atoms with Crippen molar-refractivity contribution in [3.8, 4) is 5.88 Å². The number of hydrogen-bond donors (Lipinski definition) is 0. The van der Waals surface area contributed by atoms with Gasteiger partial charge in [-0.15, -0.1) is 0 Å². The van der Waals surface area contributed by atoms with Gasteiger partial charge in [0, 0.05) is 11.5 Å². The van der Waals surface area contributed by atoms with Gasteiger partial charge in [-0.2, -0.15) is 13.8 Å². The van der Waals surface area contributed by atoms with Gasteiger partial charge in [0.1, 0.15) is 11.0 Å². The molecular formula is C11H13ClF4N2O. The van der Waals surface area contributed by atoms with Crippen molar-refractivity contribution < 1.29 is 22.3 Å². The molecule has 3 nitrogen and oxygen atoms in total. The Labute approximate surface area is 113 Å². The fourth-order valence-corrected chi connectivity index (χ4v) is 1.28. The summed E-state index contributed by atoms with van der Waals surface area (Å²) in [6.45, 7) is 3.55. The van der Waals surface area contributed by atoms with Crippen molar-refractivity contribution in [2.75, 3.05) is 6.61 Å². The largest absolute Gasteiger partial charge is 0.471 e. The molecule has 1 heterocycles. The van der Waals surface area contributed by atoms with Crippen LogP contribution in [-0.2, 0) is 0 Å². The Hall–Kier alpha value is -1.11. The van der Waals surface area contributed by atoms with Gasteiger partial charge in [-0.1, -0.05) is 25.4 Å². The van der Waals surface area contributed by atoms with Gasteiger partial charge >= 0.3 is 12.3 Å². The molecule has 19 heavy (non-hydrogen) atoms. The molecule has 0 radical (unpaired) electrons. The van der Waals surface area contributed by atoms with Crippen molar-refractivity contribution in [3.05, 3.63) is 16.5 Å². The molecule has 0 saturated heterocycles. The van der Waals surface area contributed by atoms with E-state index in [0.717, 1.165) is 0 Å². The highest BCUT2D eigenvalue weighted by atomic mass is 35.5. The second-order valence-electron chi connectivity index (χ2n) is 4.31. The van der Waals surface area contributed by atoms with Crippen LogP contribution in [0.5, 0.6) is 5.88 Å². The number of hydrogen-bond acceptors (Lipinski definition) is 3. The SMILES string of the molecule is Cc1c(Cl)nc(C(C)C)nc1OCC(F)(F)C(F)F.